The minimum Gasteiger partial charge on any atom is -0.394 e. The van der Waals surface area contributed by atoms with E-state index >= 15 is 0 Å². The molecule has 0 unspecified atom stereocenters. The summed E-state index contributed by atoms with van der Waals surface area (Å²) in [6.07, 6.45) is 1.50. The maximum absolute atomic E-state index is 13.3. The van der Waals surface area contributed by atoms with Crippen molar-refractivity contribution in [2.24, 2.45) is 0 Å². The average molecular weight is 342 g/mol. The van der Waals surface area contributed by atoms with Crippen molar-refractivity contribution in [3.8, 4) is 0 Å². The predicted molar refractivity (Wildman–Crippen MR) is 80.9 cm³/mol. The van der Waals surface area contributed by atoms with Gasteiger partial charge in [-0.3, -0.25) is 5.32 Å². The van der Waals surface area contributed by atoms with Gasteiger partial charge in [0.2, 0.25) is 0 Å². The summed E-state index contributed by atoms with van der Waals surface area (Å²) in [5.41, 5.74) is -0.0959. The largest absolute Gasteiger partial charge is 0.394 e. The first-order valence-electron chi connectivity index (χ1n) is 7.19. The molecule has 2 rings (SSSR count). The van der Waals surface area contributed by atoms with Crippen LogP contribution in [-0.4, -0.2) is 27.5 Å². The molecule has 6 nitrogen and oxygen atoms in total. The molecule has 2 amide bonds. The van der Waals surface area contributed by atoms with E-state index < -0.39 is 36.1 Å². The summed E-state index contributed by atoms with van der Waals surface area (Å²) >= 11 is 0. The van der Waals surface area contributed by atoms with Crippen LogP contribution in [0.2, 0.25) is 0 Å². The van der Waals surface area contributed by atoms with Crippen molar-refractivity contribution in [1.29, 1.82) is 0 Å². The lowest BCUT2D eigenvalue weighted by Crippen LogP contribution is -2.35. The zero-order valence-corrected chi connectivity index (χ0v) is 13.1. The van der Waals surface area contributed by atoms with E-state index in [0.29, 0.717) is 5.82 Å². The topological polar surface area (TPSA) is 79.2 Å². The summed E-state index contributed by atoms with van der Waals surface area (Å²) in [6, 6.07) is 1.21. The Hall–Kier alpha value is -2.55. The molecule has 0 radical (unpaired) electrons. The van der Waals surface area contributed by atoms with Gasteiger partial charge in [-0.1, -0.05) is 0 Å². The van der Waals surface area contributed by atoms with Crippen LogP contribution >= 0.6 is 0 Å². The number of carbonyl (C=O) groups is 1. The lowest BCUT2D eigenvalue weighted by Gasteiger charge is -2.18. The van der Waals surface area contributed by atoms with E-state index in [-0.39, 0.29) is 11.6 Å². The molecule has 0 aliphatic carbocycles. The van der Waals surface area contributed by atoms with E-state index in [0.717, 1.165) is 12.1 Å². The van der Waals surface area contributed by atoms with Gasteiger partial charge < -0.3 is 10.4 Å². The van der Waals surface area contributed by atoms with E-state index in [1.54, 1.807) is 10.7 Å². The third-order valence-corrected chi connectivity index (χ3v) is 3.30. The molecule has 0 spiro atoms. The number of hydrogen-bond acceptors (Lipinski definition) is 3. The van der Waals surface area contributed by atoms with Gasteiger partial charge in [0.25, 0.3) is 0 Å². The van der Waals surface area contributed by atoms with E-state index in [2.05, 4.69) is 15.7 Å². The number of aliphatic hydroxyl groups is 1. The predicted octanol–water partition coefficient (Wildman–Crippen LogP) is 2.74. The van der Waals surface area contributed by atoms with Crippen LogP contribution in [0.1, 0.15) is 31.5 Å². The first kappa shape index (κ1) is 17.8. The van der Waals surface area contributed by atoms with Gasteiger partial charge in [0.1, 0.15) is 5.82 Å². The molecule has 1 aromatic carbocycles. The van der Waals surface area contributed by atoms with Gasteiger partial charge in [-0.2, -0.15) is 5.10 Å². The van der Waals surface area contributed by atoms with Crippen LogP contribution in [0.25, 0.3) is 0 Å². The molecule has 2 aromatic rings. The lowest BCUT2D eigenvalue weighted by molar-refractivity contribution is 0.224. The van der Waals surface area contributed by atoms with E-state index in [9.17, 15) is 23.1 Å². The quantitative estimate of drug-likeness (QED) is 0.731. The van der Waals surface area contributed by atoms with Gasteiger partial charge in [0.05, 0.1) is 18.8 Å². The second-order valence-electron chi connectivity index (χ2n) is 5.39. The van der Waals surface area contributed by atoms with Crippen LogP contribution in [0.4, 0.5) is 23.8 Å². The van der Waals surface area contributed by atoms with Crippen LogP contribution in [0.15, 0.2) is 24.4 Å². The molecule has 1 atom stereocenters. The number of rotatable bonds is 5. The summed E-state index contributed by atoms with van der Waals surface area (Å²) in [4.78, 5) is 12.0. The van der Waals surface area contributed by atoms with Gasteiger partial charge in [-0.15, -0.1) is 0 Å². The number of nitrogens with zero attached hydrogens (tertiary/aromatic N) is 2. The third-order valence-electron chi connectivity index (χ3n) is 3.30. The summed E-state index contributed by atoms with van der Waals surface area (Å²) in [5.74, 6) is -4.00. The van der Waals surface area contributed by atoms with Crippen LogP contribution in [0.5, 0.6) is 0 Å². The number of aliphatic hydroxyl groups excluding tert-OH is 1. The van der Waals surface area contributed by atoms with Crippen molar-refractivity contribution in [1.82, 2.24) is 15.1 Å². The average Bonchev–Trinajstić information content (AvgIpc) is 2.98. The molecule has 0 aliphatic heterocycles. The highest BCUT2D eigenvalue weighted by Crippen LogP contribution is 2.20. The Morgan fingerprint density at radius 1 is 1.29 bits per heavy atom. The Bertz CT molecular complexity index is 710. The molecule has 24 heavy (non-hydrogen) atoms. The Morgan fingerprint density at radius 2 is 1.92 bits per heavy atom. The minimum atomic E-state index is -1.61. The van der Waals surface area contributed by atoms with Gasteiger partial charge >= 0.3 is 6.03 Å². The highest BCUT2D eigenvalue weighted by atomic mass is 19.2. The standard InChI is InChI=1S/C15H17F3N4O2/c1-8(2)22-13(3-4-19-22)21-15(24)20-12(7-23)9-5-10(16)14(18)11(17)6-9/h3-6,8,12,23H,7H2,1-2H3,(H2,20,21,24)/t12-/m1/s1. The zero-order valence-electron chi connectivity index (χ0n) is 13.1. The first-order chi connectivity index (χ1) is 11.3. The molecule has 0 fully saturated rings. The molecule has 130 valence electrons. The van der Waals surface area contributed by atoms with E-state index in [1.807, 2.05) is 13.8 Å². The first-order valence-corrected chi connectivity index (χ1v) is 7.19. The Labute approximate surface area is 136 Å². The molecule has 1 aromatic heterocycles. The van der Waals surface area contributed by atoms with Crippen molar-refractivity contribution in [3.63, 3.8) is 0 Å². The molecule has 1 heterocycles. The second kappa shape index (κ2) is 7.35. The number of urea groups is 1. The Morgan fingerprint density at radius 3 is 2.46 bits per heavy atom. The number of anilines is 1. The number of hydrogen-bond donors (Lipinski definition) is 3. The fourth-order valence-electron chi connectivity index (χ4n) is 2.15. The van der Waals surface area contributed by atoms with Crippen LogP contribution in [0.3, 0.4) is 0 Å². The summed E-state index contributed by atoms with van der Waals surface area (Å²) in [6.45, 7) is 3.12. The van der Waals surface area contributed by atoms with Crippen LogP contribution in [0, 0.1) is 17.5 Å². The molecular formula is C15H17F3N4O2. The monoisotopic (exact) mass is 342 g/mol. The maximum atomic E-state index is 13.3. The highest BCUT2D eigenvalue weighted by Gasteiger charge is 2.19. The number of nitrogens with one attached hydrogen (secondary N) is 2. The normalized spacial score (nSPS) is 12.3. The zero-order chi connectivity index (χ0) is 17.9. The Kier molecular flexibility index (Phi) is 5.45. The summed E-state index contributed by atoms with van der Waals surface area (Å²) in [7, 11) is 0. The highest BCUT2D eigenvalue weighted by molar-refractivity contribution is 5.88. The molecule has 0 aliphatic rings. The van der Waals surface area contributed by atoms with Crippen LogP contribution in [-0.2, 0) is 0 Å². The van der Waals surface area contributed by atoms with Crippen LogP contribution < -0.4 is 10.6 Å². The van der Waals surface area contributed by atoms with Crippen molar-refractivity contribution in [3.05, 3.63) is 47.4 Å². The Balaban J connectivity index is 2.12. The van der Waals surface area contributed by atoms with Crippen molar-refractivity contribution in [2.45, 2.75) is 25.9 Å². The third kappa shape index (κ3) is 3.85. The number of amides is 2. The summed E-state index contributed by atoms with van der Waals surface area (Å²) < 4.78 is 41.1. The SMILES string of the molecule is CC(C)n1nccc1NC(=O)N[C@H](CO)c1cc(F)c(F)c(F)c1. The number of aromatic nitrogens is 2. The number of benzene rings is 1. The molecule has 3 N–H and O–H groups in total. The van der Waals surface area contributed by atoms with Gasteiger partial charge in [0, 0.05) is 12.1 Å². The number of carbonyl (C=O) groups excluding carboxylic acids is 1. The van der Waals surface area contributed by atoms with Crippen molar-refractivity contribution >= 4 is 11.8 Å². The molecular weight excluding hydrogens is 325 g/mol. The number of halogens is 3. The molecule has 0 saturated heterocycles. The van der Waals surface area contributed by atoms with E-state index in [4.69, 9.17) is 0 Å². The maximum Gasteiger partial charge on any atom is 0.320 e. The molecule has 0 bridgehead atoms. The van der Waals surface area contributed by atoms with Crippen molar-refractivity contribution < 1.29 is 23.1 Å². The van der Waals surface area contributed by atoms with Gasteiger partial charge in [-0.25, -0.2) is 22.6 Å². The lowest BCUT2D eigenvalue weighted by atomic mass is 10.1. The molecule has 9 heteroatoms. The minimum absolute atomic E-state index is 0.00392. The summed E-state index contributed by atoms with van der Waals surface area (Å²) in [5, 5.41) is 18.3. The fraction of sp³-hybridized carbons (Fsp3) is 0.333. The second-order valence-corrected chi connectivity index (χ2v) is 5.39. The van der Waals surface area contributed by atoms with Crippen molar-refractivity contribution in [2.75, 3.05) is 11.9 Å². The van der Waals surface area contributed by atoms with Gasteiger partial charge in [0.15, 0.2) is 17.5 Å². The molecule has 0 saturated carbocycles. The smallest absolute Gasteiger partial charge is 0.320 e. The van der Waals surface area contributed by atoms with E-state index in [1.165, 1.54) is 6.20 Å². The fourth-order valence-corrected chi connectivity index (χ4v) is 2.15. The van der Waals surface area contributed by atoms with Gasteiger partial charge in [-0.05, 0) is 31.5 Å².